The summed E-state index contributed by atoms with van der Waals surface area (Å²) in [4.78, 5) is 14.0. The smallest absolute Gasteiger partial charge is 0.335 e. The molecule has 1 atom stereocenters. The van der Waals surface area contributed by atoms with Crippen molar-refractivity contribution in [2.45, 2.75) is 19.1 Å². The Kier molecular flexibility index (Phi) is 5.84. The lowest BCUT2D eigenvalue weighted by atomic mass is 10.0. The average molecular weight is 400 g/mol. The number of rotatable bonds is 5. The third-order valence-electron chi connectivity index (χ3n) is 4.03. The van der Waals surface area contributed by atoms with Gasteiger partial charge in [-0.1, -0.05) is 18.2 Å². The van der Waals surface area contributed by atoms with Gasteiger partial charge in [0.25, 0.3) is 5.91 Å². The lowest BCUT2D eigenvalue weighted by Crippen LogP contribution is -2.29. The summed E-state index contributed by atoms with van der Waals surface area (Å²) >= 11 is 0. The molecule has 0 saturated heterocycles. The summed E-state index contributed by atoms with van der Waals surface area (Å²) < 4.78 is 62.9. The number of carbonyl (C=O) groups is 1. The molecule has 0 aliphatic heterocycles. The van der Waals surface area contributed by atoms with Crippen LogP contribution < -0.4 is 4.72 Å². The van der Waals surface area contributed by atoms with Crippen LogP contribution in [-0.2, 0) is 16.2 Å². The van der Waals surface area contributed by atoms with Crippen LogP contribution in [0.2, 0.25) is 0 Å². The molecule has 146 valence electrons. The van der Waals surface area contributed by atoms with Gasteiger partial charge in [0.2, 0.25) is 10.0 Å². The number of nitrogens with one attached hydrogen (secondary N) is 1. The Labute approximate surface area is 155 Å². The van der Waals surface area contributed by atoms with E-state index < -0.39 is 27.8 Å². The number of nitrogens with zero attached hydrogens (tertiary/aromatic N) is 1. The van der Waals surface area contributed by atoms with Gasteiger partial charge in [0, 0.05) is 18.3 Å². The molecule has 5 nitrogen and oxygen atoms in total. The first kappa shape index (κ1) is 20.8. The van der Waals surface area contributed by atoms with Gasteiger partial charge in [-0.2, -0.15) is 13.2 Å². The number of benzene rings is 2. The quantitative estimate of drug-likeness (QED) is 0.828. The Morgan fingerprint density at radius 1 is 1.11 bits per heavy atom. The number of alkyl halides is 3. The molecule has 27 heavy (non-hydrogen) atoms. The summed E-state index contributed by atoms with van der Waals surface area (Å²) in [7, 11) is -1.95. The molecular formula is C18H19F3N2O3S. The topological polar surface area (TPSA) is 66.5 Å². The van der Waals surface area contributed by atoms with Crippen molar-refractivity contribution in [2.75, 3.05) is 18.0 Å². The zero-order valence-electron chi connectivity index (χ0n) is 14.9. The number of amides is 1. The maximum atomic E-state index is 12.7. The van der Waals surface area contributed by atoms with Gasteiger partial charge in [0.15, 0.2) is 0 Å². The second-order valence-electron chi connectivity index (χ2n) is 6.17. The van der Waals surface area contributed by atoms with Crippen LogP contribution in [0.25, 0.3) is 0 Å². The van der Waals surface area contributed by atoms with Crippen molar-refractivity contribution in [1.29, 1.82) is 0 Å². The molecule has 2 aromatic rings. The maximum absolute atomic E-state index is 12.7. The Morgan fingerprint density at radius 2 is 1.70 bits per heavy atom. The van der Waals surface area contributed by atoms with E-state index in [4.69, 9.17) is 0 Å². The second kappa shape index (κ2) is 7.59. The van der Waals surface area contributed by atoms with E-state index in [9.17, 15) is 26.4 Å². The van der Waals surface area contributed by atoms with Crippen molar-refractivity contribution >= 4 is 21.6 Å². The van der Waals surface area contributed by atoms with Gasteiger partial charge in [-0.05, 0) is 42.8 Å². The third-order valence-corrected chi connectivity index (χ3v) is 4.64. The number of hydrogen-bond acceptors (Lipinski definition) is 3. The van der Waals surface area contributed by atoms with Gasteiger partial charge >= 0.3 is 6.18 Å². The molecular weight excluding hydrogens is 381 g/mol. The van der Waals surface area contributed by atoms with E-state index in [-0.39, 0.29) is 17.2 Å². The lowest BCUT2D eigenvalue weighted by Gasteiger charge is -2.26. The van der Waals surface area contributed by atoms with Crippen LogP contribution in [-0.4, -0.2) is 32.5 Å². The van der Waals surface area contributed by atoms with E-state index >= 15 is 0 Å². The molecule has 0 heterocycles. The van der Waals surface area contributed by atoms with Crippen molar-refractivity contribution in [1.82, 2.24) is 4.90 Å². The summed E-state index contributed by atoms with van der Waals surface area (Å²) in [6, 6.07) is 10.1. The third kappa shape index (κ3) is 5.46. The fraction of sp³-hybridized carbons (Fsp3) is 0.278. The first-order chi connectivity index (χ1) is 12.4. The van der Waals surface area contributed by atoms with Crippen molar-refractivity contribution in [3.63, 3.8) is 0 Å². The molecule has 0 unspecified atom stereocenters. The lowest BCUT2D eigenvalue weighted by molar-refractivity contribution is -0.137. The number of halogens is 3. The zero-order valence-corrected chi connectivity index (χ0v) is 15.7. The number of anilines is 1. The molecule has 0 aromatic heterocycles. The summed E-state index contributed by atoms with van der Waals surface area (Å²) in [5.74, 6) is -0.389. The SMILES string of the molecule is C[C@H](c1ccc(C(F)(F)F)cc1)N(C)C(=O)c1cccc(NS(C)(=O)=O)c1. The highest BCUT2D eigenvalue weighted by molar-refractivity contribution is 7.92. The monoisotopic (exact) mass is 400 g/mol. The molecule has 0 saturated carbocycles. The van der Waals surface area contributed by atoms with Crippen LogP contribution in [0.1, 0.15) is 34.5 Å². The summed E-state index contributed by atoms with van der Waals surface area (Å²) in [6.07, 6.45) is -3.42. The molecule has 0 aliphatic carbocycles. The summed E-state index contributed by atoms with van der Waals surface area (Å²) in [5.41, 5.74) is 0.292. The van der Waals surface area contributed by atoms with Crippen LogP contribution in [0.4, 0.5) is 18.9 Å². The zero-order chi connectivity index (χ0) is 20.4. The Bertz CT molecular complexity index is 926. The van der Waals surface area contributed by atoms with Crippen molar-refractivity contribution in [2.24, 2.45) is 0 Å². The van der Waals surface area contributed by atoms with Crippen molar-refractivity contribution in [3.05, 3.63) is 65.2 Å². The first-order valence-electron chi connectivity index (χ1n) is 7.90. The molecule has 0 fully saturated rings. The predicted octanol–water partition coefficient (Wildman–Crippen LogP) is 3.91. The Morgan fingerprint density at radius 3 is 2.22 bits per heavy atom. The van der Waals surface area contributed by atoms with Crippen molar-refractivity contribution in [3.8, 4) is 0 Å². The minimum atomic E-state index is -4.42. The number of carbonyl (C=O) groups excluding carboxylic acids is 1. The van der Waals surface area contributed by atoms with Crippen LogP contribution >= 0.6 is 0 Å². The van der Waals surface area contributed by atoms with E-state index in [1.807, 2.05) is 0 Å². The minimum Gasteiger partial charge on any atom is -0.335 e. The summed E-state index contributed by atoms with van der Waals surface area (Å²) in [6.45, 7) is 1.69. The van der Waals surface area contributed by atoms with E-state index in [0.29, 0.717) is 5.56 Å². The van der Waals surface area contributed by atoms with E-state index in [1.165, 1.54) is 48.3 Å². The van der Waals surface area contributed by atoms with Gasteiger partial charge < -0.3 is 4.90 Å². The molecule has 0 aliphatic rings. The standard InChI is InChI=1S/C18H19F3N2O3S/c1-12(13-7-9-15(10-8-13)18(19,20)21)23(2)17(24)14-5-4-6-16(11-14)22-27(3,25)26/h4-12,22H,1-3H3/t12-/m1/s1. The fourth-order valence-electron chi connectivity index (χ4n) is 2.48. The Hall–Kier alpha value is -2.55. The maximum Gasteiger partial charge on any atom is 0.416 e. The van der Waals surface area contributed by atoms with E-state index in [0.717, 1.165) is 18.4 Å². The minimum absolute atomic E-state index is 0.249. The number of sulfonamides is 1. The molecule has 2 rings (SSSR count). The van der Waals surface area contributed by atoms with Crippen molar-refractivity contribution < 1.29 is 26.4 Å². The molecule has 0 spiro atoms. The summed E-state index contributed by atoms with van der Waals surface area (Å²) in [5, 5.41) is 0. The molecule has 9 heteroatoms. The van der Waals surface area contributed by atoms with Crippen LogP contribution in [0.15, 0.2) is 48.5 Å². The van der Waals surface area contributed by atoms with Crippen LogP contribution in [0.5, 0.6) is 0 Å². The number of hydrogen-bond donors (Lipinski definition) is 1. The molecule has 1 amide bonds. The molecule has 1 N–H and O–H groups in total. The van der Waals surface area contributed by atoms with Gasteiger partial charge in [-0.15, -0.1) is 0 Å². The van der Waals surface area contributed by atoms with Gasteiger partial charge in [-0.3, -0.25) is 9.52 Å². The van der Waals surface area contributed by atoms with E-state index in [1.54, 1.807) is 6.92 Å². The molecule has 2 aromatic carbocycles. The van der Waals surface area contributed by atoms with Gasteiger partial charge in [-0.25, -0.2) is 8.42 Å². The highest BCUT2D eigenvalue weighted by Crippen LogP contribution is 2.31. The largest absolute Gasteiger partial charge is 0.416 e. The Balaban J connectivity index is 2.20. The molecule has 0 radical (unpaired) electrons. The fourth-order valence-corrected chi connectivity index (χ4v) is 3.04. The van der Waals surface area contributed by atoms with Gasteiger partial charge in [0.1, 0.15) is 0 Å². The normalized spacial score (nSPS) is 13.1. The van der Waals surface area contributed by atoms with Crippen LogP contribution in [0, 0.1) is 0 Å². The van der Waals surface area contributed by atoms with Crippen LogP contribution in [0.3, 0.4) is 0 Å². The molecule has 0 bridgehead atoms. The second-order valence-corrected chi connectivity index (χ2v) is 7.92. The first-order valence-corrected chi connectivity index (χ1v) is 9.80. The highest BCUT2D eigenvalue weighted by Gasteiger charge is 2.30. The average Bonchev–Trinajstić information content (AvgIpc) is 2.58. The van der Waals surface area contributed by atoms with Gasteiger partial charge in [0.05, 0.1) is 17.9 Å². The predicted molar refractivity (Wildman–Crippen MR) is 96.9 cm³/mol. The highest BCUT2D eigenvalue weighted by atomic mass is 32.2. The van der Waals surface area contributed by atoms with E-state index in [2.05, 4.69) is 4.72 Å².